The highest BCUT2D eigenvalue weighted by atomic mass is 35.5. The number of carbonyl (C=O) groups excluding carboxylic acids is 3. The summed E-state index contributed by atoms with van der Waals surface area (Å²) < 4.78 is 5.71. The van der Waals surface area contributed by atoms with Gasteiger partial charge in [0.15, 0.2) is 12.1 Å². The Morgan fingerprint density at radius 2 is 1.78 bits per heavy atom. The second-order valence-corrected chi connectivity index (χ2v) is 9.18. The second-order valence-electron chi connectivity index (χ2n) is 8.74. The summed E-state index contributed by atoms with van der Waals surface area (Å²) in [4.78, 5) is 40.2. The minimum atomic E-state index is -0.883. The van der Waals surface area contributed by atoms with Gasteiger partial charge in [0.25, 0.3) is 5.91 Å². The Morgan fingerprint density at radius 1 is 1.03 bits per heavy atom. The third-order valence-corrected chi connectivity index (χ3v) is 6.17. The van der Waals surface area contributed by atoms with E-state index in [2.05, 4.69) is 10.6 Å². The molecule has 1 fully saturated rings. The van der Waals surface area contributed by atoms with Crippen molar-refractivity contribution in [3.8, 4) is 0 Å². The molecule has 1 aliphatic heterocycles. The lowest BCUT2D eigenvalue weighted by Crippen LogP contribution is -2.46. The number of nitrogens with one attached hydrogen (secondary N) is 2. The molecule has 36 heavy (non-hydrogen) atoms. The lowest BCUT2D eigenvalue weighted by atomic mass is 10.00. The van der Waals surface area contributed by atoms with Gasteiger partial charge in [-0.25, -0.2) is 4.79 Å². The molecule has 3 amide bonds. The minimum Gasteiger partial charge on any atom is -0.438 e. The predicted octanol–water partition coefficient (Wildman–Crippen LogP) is 5.49. The van der Waals surface area contributed by atoms with Crippen molar-refractivity contribution in [3.63, 3.8) is 0 Å². The number of nitrogens with zero attached hydrogens (tertiary/aromatic N) is 1. The first kappa shape index (κ1) is 25.3. The van der Waals surface area contributed by atoms with E-state index in [1.165, 1.54) is 4.90 Å². The van der Waals surface area contributed by atoms with Gasteiger partial charge in [-0.05, 0) is 60.9 Å². The summed E-state index contributed by atoms with van der Waals surface area (Å²) in [6.45, 7) is 4.56. The summed E-state index contributed by atoms with van der Waals surface area (Å²) in [6, 6.07) is 20.5. The van der Waals surface area contributed by atoms with Gasteiger partial charge in [-0.15, -0.1) is 0 Å². The van der Waals surface area contributed by atoms with E-state index < -0.39 is 18.2 Å². The molecule has 0 aliphatic carbocycles. The summed E-state index contributed by atoms with van der Waals surface area (Å²) in [7, 11) is 0. The fraction of sp³-hybridized carbons (Fsp3) is 0.250. The zero-order valence-electron chi connectivity index (χ0n) is 20.2. The first-order valence-electron chi connectivity index (χ1n) is 11.8. The number of anilines is 1. The molecule has 0 bridgehead atoms. The van der Waals surface area contributed by atoms with Gasteiger partial charge in [0.2, 0.25) is 5.91 Å². The maximum atomic E-state index is 13.2. The van der Waals surface area contributed by atoms with Gasteiger partial charge in [0, 0.05) is 22.8 Å². The van der Waals surface area contributed by atoms with E-state index in [9.17, 15) is 14.4 Å². The van der Waals surface area contributed by atoms with Crippen LogP contribution in [0.25, 0.3) is 0 Å². The number of hydrogen-bond acceptors (Lipinski definition) is 4. The lowest BCUT2D eigenvalue weighted by Gasteiger charge is -2.24. The van der Waals surface area contributed by atoms with Crippen molar-refractivity contribution >= 4 is 35.2 Å². The topological polar surface area (TPSA) is 87.7 Å². The molecule has 0 aromatic heterocycles. The van der Waals surface area contributed by atoms with Crippen LogP contribution in [0.15, 0.2) is 72.8 Å². The Hall–Kier alpha value is -3.84. The van der Waals surface area contributed by atoms with Gasteiger partial charge in [-0.2, -0.15) is 0 Å². The van der Waals surface area contributed by atoms with Crippen LogP contribution in [0.1, 0.15) is 46.5 Å². The van der Waals surface area contributed by atoms with E-state index in [4.69, 9.17) is 16.3 Å². The zero-order chi connectivity index (χ0) is 25.7. The average molecular weight is 506 g/mol. The van der Waals surface area contributed by atoms with Crippen LogP contribution in [0.3, 0.4) is 0 Å². The first-order chi connectivity index (χ1) is 17.4. The molecule has 8 heteroatoms. The van der Waals surface area contributed by atoms with Crippen LogP contribution in [-0.4, -0.2) is 35.4 Å². The number of rotatable bonds is 8. The number of aryl methyl sites for hydroxylation is 1. The quantitative estimate of drug-likeness (QED) is 0.424. The molecule has 3 aromatic carbocycles. The molecule has 4 rings (SSSR count). The number of carbonyl (C=O) groups is 3. The van der Waals surface area contributed by atoms with Crippen molar-refractivity contribution < 1.29 is 19.1 Å². The number of hydrogen-bond donors (Lipinski definition) is 2. The van der Waals surface area contributed by atoms with Crippen molar-refractivity contribution in [1.82, 2.24) is 10.2 Å². The molecule has 0 unspecified atom stereocenters. The van der Waals surface area contributed by atoms with Crippen molar-refractivity contribution in [1.29, 1.82) is 0 Å². The average Bonchev–Trinajstić information content (AvgIpc) is 3.19. The van der Waals surface area contributed by atoms with Crippen molar-refractivity contribution in [3.05, 3.63) is 100 Å². The van der Waals surface area contributed by atoms with Gasteiger partial charge in [-0.1, -0.05) is 60.5 Å². The maximum absolute atomic E-state index is 13.2. The van der Waals surface area contributed by atoms with E-state index in [1.54, 1.807) is 54.6 Å². The largest absolute Gasteiger partial charge is 0.438 e. The third kappa shape index (κ3) is 5.86. The number of benzene rings is 3. The van der Waals surface area contributed by atoms with Gasteiger partial charge in [0.05, 0.1) is 6.54 Å². The van der Waals surface area contributed by atoms with E-state index in [-0.39, 0.29) is 18.4 Å². The Labute approximate surface area is 215 Å². The first-order valence-corrected chi connectivity index (χ1v) is 12.2. The highest BCUT2D eigenvalue weighted by Crippen LogP contribution is 2.35. The van der Waals surface area contributed by atoms with Crippen molar-refractivity contribution in [2.45, 2.75) is 39.0 Å². The van der Waals surface area contributed by atoms with E-state index in [0.29, 0.717) is 28.4 Å². The molecule has 7 nitrogen and oxygen atoms in total. The Bertz CT molecular complexity index is 1260. The molecule has 2 atom stereocenters. The van der Waals surface area contributed by atoms with Crippen molar-refractivity contribution in [2.24, 2.45) is 0 Å². The number of cyclic esters (lactones) is 1. The number of halogens is 1. The highest BCUT2D eigenvalue weighted by molar-refractivity contribution is 6.30. The van der Waals surface area contributed by atoms with Crippen LogP contribution in [0.4, 0.5) is 10.5 Å². The molecule has 2 N–H and O–H groups in total. The summed E-state index contributed by atoms with van der Waals surface area (Å²) in [5, 5.41) is 6.31. The normalized spacial score (nSPS) is 17.0. The van der Waals surface area contributed by atoms with Gasteiger partial charge >= 0.3 is 6.09 Å². The monoisotopic (exact) mass is 505 g/mol. The Morgan fingerprint density at radius 3 is 2.50 bits per heavy atom. The van der Waals surface area contributed by atoms with Crippen LogP contribution in [0.2, 0.25) is 5.02 Å². The minimum absolute atomic E-state index is 0.171. The third-order valence-electron chi connectivity index (χ3n) is 5.93. The molecule has 1 aliphatic rings. The summed E-state index contributed by atoms with van der Waals surface area (Å²) in [5.41, 5.74) is 3.52. The predicted molar refractivity (Wildman–Crippen MR) is 139 cm³/mol. The van der Waals surface area contributed by atoms with Crippen LogP contribution in [0, 0.1) is 6.92 Å². The second kappa shape index (κ2) is 11.3. The molecule has 0 spiro atoms. The number of ether oxygens (including phenoxy) is 1. The smallest absolute Gasteiger partial charge is 0.411 e. The standard InChI is InChI=1S/C28H28ClN3O4/c1-3-14-30-27(34)24-25(36-28(35)32(24)17-19-6-4-8-22(29)15-19)21-7-5-9-23(16-21)31-26(33)20-12-10-18(2)11-13-20/h4-13,15-16,24-25H,3,14,17H2,1-2H3,(H,30,34)(H,31,33)/t24-,25-/m1/s1. The van der Waals surface area contributed by atoms with Crippen molar-refractivity contribution in [2.75, 3.05) is 11.9 Å². The van der Waals surface area contributed by atoms with E-state index in [0.717, 1.165) is 17.5 Å². The highest BCUT2D eigenvalue weighted by Gasteiger charge is 2.47. The summed E-state index contributed by atoms with van der Waals surface area (Å²) >= 11 is 6.12. The molecule has 0 saturated carbocycles. The molecular weight excluding hydrogens is 478 g/mol. The molecule has 186 valence electrons. The van der Waals surface area contributed by atoms with Gasteiger partial charge < -0.3 is 15.4 Å². The molecular formula is C28H28ClN3O4. The van der Waals surface area contributed by atoms with E-state index >= 15 is 0 Å². The van der Waals surface area contributed by atoms with Gasteiger partial charge in [0.1, 0.15) is 0 Å². The molecule has 1 heterocycles. The summed E-state index contributed by atoms with van der Waals surface area (Å²) in [5.74, 6) is -0.556. The van der Waals surface area contributed by atoms with Crippen LogP contribution in [0.5, 0.6) is 0 Å². The molecule has 3 aromatic rings. The van der Waals surface area contributed by atoms with Crippen LogP contribution in [-0.2, 0) is 16.1 Å². The molecule has 0 radical (unpaired) electrons. The van der Waals surface area contributed by atoms with Crippen LogP contribution < -0.4 is 10.6 Å². The van der Waals surface area contributed by atoms with Gasteiger partial charge in [-0.3, -0.25) is 14.5 Å². The Kier molecular flexibility index (Phi) is 7.90. The number of amides is 3. The SMILES string of the molecule is CCCNC(=O)[C@H]1[C@@H](c2cccc(NC(=O)c3ccc(C)cc3)c2)OC(=O)N1Cc1cccc(Cl)c1. The van der Waals surface area contributed by atoms with Crippen LogP contribution >= 0.6 is 11.6 Å². The summed E-state index contributed by atoms with van der Waals surface area (Å²) in [6.07, 6.45) is -0.678. The Balaban J connectivity index is 1.59. The fourth-order valence-electron chi connectivity index (χ4n) is 4.10. The van der Waals surface area contributed by atoms with E-state index in [1.807, 2.05) is 32.0 Å². The zero-order valence-corrected chi connectivity index (χ0v) is 20.9. The lowest BCUT2D eigenvalue weighted by molar-refractivity contribution is -0.126. The molecule has 1 saturated heterocycles. The fourth-order valence-corrected chi connectivity index (χ4v) is 4.31. The maximum Gasteiger partial charge on any atom is 0.411 e.